The molecule has 0 radical (unpaired) electrons. The van der Waals surface area contributed by atoms with E-state index in [1.165, 1.54) is 12.5 Å². The molecule has 1 fully saturated rings. The molecule has 1 aliphatic heterocycles. The van der Waals surface area contributed by atoms with Gasteiger partial charge >= 0.3 is 5.97 Å². The standard InChI is InChI=1S/C21H24ClN3O3/c1-16(26)28-20-8-5-18(13-21(20)27-2)14-23-25-11-9-24(10-12-25)15-17-3-6-19(22)7-4-17/h3-8,13-14H,9-12,15H2,1-2H3/b23-14-. The highest BCUT2D eigenvalue weighted by atomic mass is 35.5. The van der Waals surface area contributed by atoms with Crippen LogP contribution in [-0.2, 0) is 11.3 Å². The number of methoxy groups -OCH3 is 1. The predicted octanol–water partition coefficient (Wildman–Crippen LogP) is 3.43. The molecule has 7 heteroatoms. The Bertz CT molecular complexity index is 831. The van der Waals surface area contributed by atoms with Crippen molar-refractivity contribution in [3.8, 4) is 11.5 Å². The van der Waals surface area contributed by atoms with Crippen molar-refractivity contribution in [1.82, 2.24) is 9.91 Å². The van der Waals surface area contributed by atoms with Crippen molar-refractivity contribution in [2.24, 2.45) is 5.10 Å². The van der Waals surface area contributed by atoms with Gasteiger partial charge in [0.05, 0.1) is 13.3 Å². The van der Waals surface area contributed by atoms with Gasteiger partial charge in [0.25, 0.3) is 0 Å². The van der Waals surface area contributed by atoms with Gasteiger partial charge in [0.2, 0.25) is 0 Å². The van der Waals surface area contributed by atoms with E-state index in [2.05, 4.69) is 27.1 Å². The van der Waals surface area contributed by atoms with Crippen LogP contribution in [0.4, 0.5) is 0 Å². The van der Waals surface area contributed by atoms with Crippen LogP contribution in [0.1, 0.15) is 18.1 Å². The molecule has 0 amide bonds. The summed E-state index contributed by atoms with van der Waals surface area (Å²) in [6.07, 6.45) is 1.80. The minimum atomic E-state index is -0.379. The molecule has 148 valence electrons. The van der Waals surface area contributed by atoms with Gasteiger partial charge in [-0.25, -0.2) is 0 Å². The van der Waals surface area contributed by atoms with Gasteiger partial charge in [-0.05, 0) is 41.5 Å². The van der Waals surface area contributed by atoms with Gasteiger partial charge in [0, 0.05) is 44.7 Å². The molecule has 1 aliphatic rings. The van der Waals surface area contributed by atoms with E-state index in [1.807, 2.05) is 18.2 Å². The first kappa shape index (κ1) is 20.2. The molecule has 0 bridgehead atoms. The Morgan fingerprint density at radius 2 is 1.82 bits per heavy atom. The molecule has 0 N–H and O–H groups in total. The summed E-state index contributed by atoms with van der Waals surface area (Å²) in [5.41, 5.74) is 2.15. The lowest BCUT2D eigenvalue weighted by atomic mass is 10.2. The van der Waals surface area contributed by atoms with Crippen molar-refractivity contribution in [2.45, 2.75) is 13.5 Å². The summed E-state index contributed by atoms with van der Waals surface area (Å²) in [5.74, 6) is 0.533. The topological polar surface area (TPSA) is 54.4 Å². The van der Waals surface area contributed by atoms with E-state index in [4.69, 9.17) is 21.1 Å². The third-order valence-corrected chi connectivity index (χ3v) is 4.73. The molecule has 0 aliphatic carbocycles. The average Bonchev–Trinajstić information content (AvgIpc) is 2.69. The van der Waals surface area contributed by atoms with Crippen molar-refractivity contribution in [2.75, 3.05) is 33.3 Å². The number of hydrogen-bond acceptors (Lipinski definition) is 6. The molecule has 0 aromatic heterocycles. The molecule has 1 saturated heterocycles. The van der Waals surface area contributed by atoms with E-state index in [0.29, 0.717) is 11.5 Å². The maximum absolute atomic E-state index is 11.1. The zero-order chi connectivity index (χ0) is 19.9. The zero-order valence-corrected chi connectivity index (χ0v) is 16.9. The van der Waals surface area contributed by atoms with E-state index in [1.54, 1.807) is 25.5 Å². The van der Waals surface area contributed by atoms with Crippen LogP contribution in [0.15, 0.2) is 47.6 Å². The predicted molar refractivity (Wildman–Crippen MR) is 110 cm³/mol. The lowest BCUT2D eigenvalue weighted by Gasteiger charge is -2.33. The van der Waals surface area contributed by atoms with Crippen LogP contribution < -0.4 is 9.47 Å². The summed E-state index contributed by atoms with van der Waals surface area (Å²) in [6, 6.07) is 13.4. The number of rotatable bonds is 6. The molecule has 0 atom stereocenters. The lowest BCUT2D eigenvalue weighted by molar-refractivity contribution is -0.132. The first-order valence-corrected chi connectivity index (χ1v) is 9.53. The highest BCUT2D eigenvalue weighted by Gasteiger charge is 2.15. The van der Waals surface area contributed by atoms with Crippen LogP contribution in [0.2, 0.25) is 5.02 Å². The molecule has 0 saturated carbocycles. The Kier molecular flexibility index (Phi) is 6.90. The van der Waals surface area contributed by atoms with Gasteiger partial charge in [-0.1, -0.05) is 23.7 Å². The number of piperazine rings is 1. The number of carbonyl (C=O) groups excluding carboxylic acids is 1. The molecule has 6 nitrogen and oxygen atoms in total. The number of hydrazone groups is 1. The Hall–Kier alpha value is -2.57. The molecule has 0 unspecified atom stereocenters. The van der Waals surface area contributed by atoms with E-state index in [9.17, 15) is 4.79 Å². The van der Waals surface area contributed by atoms with Crippen molar-refractivity contribution < 1.29 is 14.3 Å². The fraction of sp³-hybridized carbons (Fsp3) is 0.333. The van der Waals surface area contributed by atoms with Crippen LogP contribution >= 0.6 is 11.6 Å². The molecule has 0 spiro atoms. The van der Waals surface area contributed by atoms with Crippen molar-refractivity contribution in [3.05, 3.63) is 58.6 Å². The van der Waals surface area contributed by atoms with Gasteiger partial charge in [-0.15, -0.1) is 0 Å². The number of benzene rings is 2. The summed E-state index contributed by atoms with van der Waals surface area (Å²) in [6.45, 7) is 5.92. The van der Waals surface area contributed by atoms with Crippen LogP contribution in [0.5, 0.6) is 11.5 Å². The second-order valence-electron chi connectivity index (χ2n) is 6.60. The van der Waals surface area contributed by atoms with Gasteiger partial charge < -0.3 is 9.47 Å². The van der Waals surface area contributed by atoms with Crippen LogP contribution in [0, 0.1) is 0 Å². The Morgan fingerprint density at radius 3 is 2.46 bits per heavy atom. The number of halogens is 1. The summed E-state index contributed by atoms with van der Waals surface area (Å²) < 4.78 is 10.4. The van der Waals surface area contributed by atoms with Crippen molar-refractivity contribution >= 4 is 23.8 Å². The fourth-order valence-corrected chi connectivity index (χ4v) is 3.14. The lowest BCUT2D eigenvalue weighted by Crippen LogP contribution is -2.43. The molecule has 2 aromatic carbocycles. The first-order valence-electron chi connectivity index (χ1n) is 9.15. The highest BCUT2D eigenvalue weighted by molar-refractivity contribution is 6.30. The highest BCUT2D eigenvalue weighted by Crippen LogP contribution is 2.27. The number of ether oxygens (including phenoxy) is 2. The number of hydrogen-bond donors (Lipinski definition) is 0. The maximum Gasteiger partial charge on any atom is 0.308 e. The van der Waals surface area contributed by atoms with Crippen molar-refractivity contribution in [3.63, 3.8) is 0 Å². The van der Waals surface area contributed by atoms with Gasteiger partial charge in [-0.2, -0.15) is 5.10 Å². The smallest absolute Gasteiger partial charge is 0.308 e. The molecular weight excluding hydrogens is 378 g/mol. The maximum atomic E-state index is 11.1. The molecule has 1 heterocycles. The largest absolute Gasteiger partial charge is 0.493 e. The van der Waals surface area contributed by atoms with Crippen LogP contribution in [0.3, 0.4) is 0 Å². The summed E-state index contributed by atoms with van der Waals surface area (Å²) in [4.78, 5) is 13.5. The number of carbonyl (C=O) groups is 1. The summed E-state index contributed by atoms with van der Waals surface area (Å²) in [5, 5.41) is 7.40. The van der Waals surface area contributed by atoms with E-state index < -0.39 is 0 Å². The second kappa shape index (κ2) is 9.57. The quantitative estimate of drug-likeness (QED) is 0.421. The molecule has 28 heavy (non-hydrogen) atoms. The second-order valence-corrected chi connectivity index (χ2v) is 7.04. The molecular formula is C21H24ClN3O3. The third kappa shape index (κ3) is 5.71. The third-order valence-electron chi connectivity index (χ3n) is 4.48. The molecule has 3 rings (SSSR count). The Morgan fingerprint density at radius 1 is 1.11 bits per heavy atom. The van der Waals surface area contributed by atoms with Gasteiger partial charge in [-0.3, -0.25) is 14.7 Å². The SMILES string of the molecule is COc1cc(/C=N\N2CCN(Cc3ccc(Cl)cc3)CC2)ccc1OC(C)=O. The monoisotopic (exact) mass is 401 g/mol. The van der Waals surface area contributed by atoms with Crippen LogP contribution in [0.25, 0.3) is 0 Å². The summed E-state index contributed by atoms with van der Waals surface area (Å²) in [7, 11) is 1.54. The van der Waals surface area contributed by atoms with E-state index in [-0.39, 0.29) is 5.97 Å². The normalized spacial score (nSPS) is 15.0. The molecule has 2 aromatic rings. The van der Waals surface area contributed by atoms with Crippen molar-refractivity contribution in [1.29, 1.82) is 0 Å². The van der Waals surface area contributed by atoms with Gasteiger partial charge in [0.15, 0.2) is 11.5 Å². The Balaban J connectivity index is 1.53. The minimum absolute atomic E-state index is 0.379. The zero-order valence-electron chi connectivity index (χ0n) is 16.1. The number of nitrogens with zero attached hydrogens (tertiary/aromatic N) is 3. The fourth-order valence-electron chi connectivity index (χ4n) is 3.01. The summed E-state index contributed by atoms with van der Waals surface area (Å²) >= 11 is 5.94. The number of esters is 1. The first-order chi connectivity index (χ1) is 13.5. The van der Waals surface area contributed by atoms with Crippen LogP contribution in [-0.4, -0.2) is 55.4 Å². The van der Waals surface area contributed by atoms with Gasteiger partial charge in [0.1, 0.15) is 0 Å². The average molecular weight is 402 g/mol. The van der Waals surface area contributed by atoms with E-state index in [0.717, 1.165) is 43.3 Å². The van der Waals surface area contributed by atoms with E-state index >= 15 is 0 Å². The Labute approximate surface area is 170 Å². The minimum Gasteiger partial charge on any atom is -0.493 e.